The van der Waals surface area contributed by atoms with Crippen LogP contribution in [-0.2, 0) is 20.8 Å². The predicted molar refractivity (Wildman–Crippen MR) is 87.3 cm³/mol. The Morgan fingerprint density at radius 3 is 3.08 bits per heavy atom. The van der Waals surface area contributed by atoms with Crippen LogP contribution in [0.25, 0.3) is 0 Å². The van der Waals surface area contributed by atoms with E-state index in [1.54, 1.807) is 7.11 Å². The number of ether oxygens (including phenoxy) is 2. The van der Waals surface area contributed by atoms with Crippen LogP contribution in [0.5, 0.6) is 0 Å². The van der Waals surface area contributed by atoms with Crippen LogP contribution in [0.2, 0.25) is 0 Å². The Bertz CT molecular complexity index is 548. The molecule has 1 aromatic rings. The van der Waals surface area contributed by atoms with E-state index in [0.29, 0.717) is 38.0 Å². The van der Waals surface area contributed by atoms with E-state index in [4.69, 9.17) is 14.0 Å². The second-order valence-corrected chi connectivity index (χ2v) is 6.89. The average Bonchev–Trinajstić information content (AvgIpc) is 3.14. The molecule has 1 N–H and O–H groups in total. The standard InChI is InChI=1S/C17H27N3O4/c1-12-5-15(19-24-12)8-20-7-14-11-23-10-13(16(14)9-20)6-17(21)18-3-4-22-2/h5,13-14,16H,3-4,6-11H2,1-2H3,(H,18,21)/t13-,14-,16-/m0/s1. The van der Waals surface area contributed by atoms with Crippen LogP contribution in [0.4, 0.5) is 0 Å². The minimum absolute atomic E-state index is 0.0897. The van der Waals surface area contributed by atoms with E-state index in [1.807, 2.05) is 13.0 Å². The van der Waals surface area contributed by atoms with E-state index in [-0.39, 0.29) is 11.8 Å². The summed E-state index contributed by atoms with van der Waals surface area (Å²) in [5.41, 5.74) is 0.973. The van der Waals surface area contributed by atoms with Gasteiger partial charge in [0, 0.05) is 45.8 Å². The number of fused-ring (bicyclic) bond motifs is 1. The lowest BCUT2D eigenvalue weighted by Gasteiger charge is -2.32. The number of nitrogens with zero attached hydrogens (tertiary/aromatic N) is 2. The number of likely N-dealkylation sites (tertiary alicyclic amines) is 1. The lowest BCUT2D eigenvalue weighted by molar-refractivity contribution is -0.124. The highest BCUT2D eigenvalue weighted by Gasteiger charge is 2.41. The molecule has 1 amide bonds. The summed E-state index contributed by atoms with van der Waals surface area (Å²) in [6.45, 7) is 7.28. The largest absolute Gasteiger partial charge is 0.383 e. The molecule has 3 rings (SSSR count). The molecule has 24 heavy (non-hydrogen) atoms. The second-order valence-electron chi connectivity index (χ2n) is 6.89. The normalized spacial score (nSPS) is 27.2. The Balaban J connectivity index is 1.52. The van der Waals surface area contributed by atoms with Gasteiger partial charge in [-0.1, -0.05) is 5.16 Å². The Kier molecular flexibility index (Phi) is 5.86. The number of aromatic nitrogens is 1. The predicted octanol–water partition coefficient (Wildman–Crippen LogP) is 0.830. The van der Waals surface area contributed by atoms with E-state index in [0.717, 1.165) is 37.7 Å². The molecule has 0 aliphatic carbocycles. The summed E-state index contributed by atoms with van der Waals surface area (Å²) >= 11 is 0. The molecule has 3 atom stereocenters. The van der Waals surface area contributed by atoms with Crippen molar-refractivity contribution in [3.05, 3.63) is 17.5 Å². The van der Waals surface area contributed by atoms with Crippen LogP contribution in [0, 0.1) is 24.7 Å². The molecule has 0 bridgehead atoms. The fourth-order valence-electron chi connectivity index (χ4n) is 3.86. The van der Waals surface area contributed by atoms with Crippen LogP contribution in [0.1, 0.15) is 17.9 Å². The van der Waals surface area contributed by atoms with Crippen LogP contribution in [0.15, 0.2) is 10.6 Å². The Hall–Kier alpha value is -1.44. The fraction of sp³-hybridized carbons (Fsp3) is 0.765. The number of nitrogens with one attached hydrogen (secondary N) is 1. The van der Waals surface area contributed by atoms with Crippen molar-refractivity contribution in [2.45, 2.75) is 19.9 Å². The van der Waals surface area contributed by atoms with E-state index >= 15 is 0 Å². The highest BCUT2D eigenvalue weighted by Crippen LogP contribution is 2.36. The van der Waals surface area contributed by atoms with E-state index in [2.05, 4.69) is 15.4 Å². The van der Waals surface area contributed by atoms with E-state index in [1.165, 1.54) is 0 Å². The maximum Gasteiger partial charge on any atom is 0.220 e. The zero-order chi connectivity index (χ0) is 16.9. The van der Waals surface area contributed by atoms with Crippen molar-refractivity contribution in [2.24, 2.45) is 17.8 Å². The van der Waals surface area contributed by atoms with Gasteiger partial charge in [0.25, 0.3) is 0 Å². The summed E-state index contributed by atoms with van der Waals surface area (Å²) < 4.78 is 15.9. The summed E-state index contributed by atoms with van der Waals surface area (Å²) in [7, 11) is 1.63. The first-order chi connectivity index (χ1) is 11.7. The summed E-state index contributed by atoms with van der Waals surface area (Å²) in [5, 5.41) is 6.99. The van der Waals surface area contributed by atoms with Crippen molar-refractivity contribution >= 4 is 5.91 Å². The number of carbonyl (C=O) groups excluding carboxylic acids is 1. The Morgan fingerprint density at radius 1 is 1.46 bits per heavy atom. The Labute approximate surface area is 142 Å². The van der Waals surface area contributed by atoms with Crippen LogP contribution < -0.4 is 5.32 Å². The third-order valence-corrected chi connectivity index (χ3v) is 4.97. The summed E-state index contributed by atoms with van der Waals surface area (Å²) in [5.74, 6) is 2.24. The number of aryl methyl sites for hydroxylation is 1. The van der Waals surface area contributed by atoms with Crippen LogP contribution in [-0.4, -0.2) is 62.5 Å². The first kappa shape index (κ1) is 17.4. The van der Waals surface area contributed by atoms with Crippen molar-refractivity contribution in [1.82, 2.24) is 15.4 Å². The molecule has 0 unspecified atom stereocenters. The van der Waals surface area contributed by atoms with Gasteiger partial charge in [0.1, 0.15) is 5.76 Å². The molecular weight excluding hydrogens is 310 g/mol. The molecule has 2 fully saturated rings. The lowest BCUT2D eigenvalue weighted by atomic mass is 9.81. The maximum atomic E-state index is 12.1. The van der Waals surface area contributed by atoms with Crippen molar-refractivity contribution < 1.29 is 18.8 Å². The average molecular weight is 337 g/mol. The highest BCUT2D eigenvalue weighted by atomic mass is 16.5. The summed E-state index contributed by atoms with van der Waals surface area (Å²) in [6, 6.07) is 1.99. The number of hydrogen-bond acceptors (Lipinski definition) is 6. The fourth-order valence-corrected chi connectivity index (χ4v) is 3.86. The second kappa shape index (κ2) is 8.09. The Morgan fingerprint density at radius 2 is 2.33 bits per heavy atom. The molecule has 0 spiro atoms. The number of rotatable bonds is 7. The van der Waals surface area contributed by atoms with E-state index in [9.17, 15) is 4.79 Å². The maximum absolute atomic E-state index is 12.1. The zero-order valence-corrected chi connectivity index (χ0v) is 14.5. The molecule has 7 heteroatoms. The zero-order valence-electron chi connectivity index (χ0n) is 14.5. The lowest BCUT2D eigenvalue weighted by Crippen LogP contribution is -2.38. The summed E-state index contributed by atoms with van der Waals surface area (Å²) in [4.78, 5) is 14.5. The van der Waals surface area contributed by atoms with Gasteiger partial charge >= 0.3 is 0 Å². The van der Waals surface area contributed by atoms with Crippen LogP contribution in [0.3, 0.4) is 0 Å². The molecule has 1 aromatic heterocycles. The molecule has 3 heterocycles. The third-order valence-electron chi connectivity index (χ3n) is 4.97. The van der Waals surface area contributed by atoms with Gasteiger partial charge in [0.2, 0.25) is 5.91 Å². The molecule has 0 aromatic carbocycles. The minimum atomic E-state index is 0.0897. The van der Waals surface area contributed by atoms with E-state index < -0.39 is 0 Å². The molecule has 2 aliphatic rings. The molecule has 7 nitrogen and oxygen atoms in total. The summed E-state index contributed by atoms with van der Waals surface area (Å²) in [6.07, 6.45) is 0.530. The SMILES string of the molecule is COCCNC(=O)C[C@H]1COC[C@@H]2CN(Cc3cc(C)on3)C[C@@H]12. The van der Waals surface area contributed by atoms with Crippen molar-refractivity contribution in [3.63, 3.8) is 0 Å². The smallest absolute Gasteiger partial charge is 0.220 e. The van der Waals surface area contributed by atoms with Gasteiger partial charge in [-0.25, -0.2) is 0 Å². The monoisotopic (exact) mass is 337 g/mol. The number of hydrogen-bond donors (Lipinski definition) is 1. The topological polar surface area (TPSA) is 76.8 Å². The van der Waals surface area contributed by atoms with Gasteiger partial charge in [-0.05, 0) is 24.7 Å². The molecule has 0 radical (unpaired) electrons. The quantitative estimate of drug-likeness (QED) is 0.743. The number of amides is 1. The minimum Gasteiger partial charge on any atom is -0.383 e. The molecule has 134 valence electrons. The van der Waals surface area contributed by atoms with Gasteiger partial charge in [0.05, 0.1) is 25.5 Å². The first-order valence-electron chi connectivity index (χ1n) is 8.63. The highest BCUT2D eigenvalue weighted by molar-refractivity contribution is 5.76. The van der Waals surface area contributed by atoms with Crippen LogP contribution >= 0.6 is 0 Å². The number of carbonyl (C=O) groups is 1. The van der Waals surface area contributed by atoms with Gasteiger partial charge in [-0.3, -0.25) is 9.69 Å². The molecular formula is C17H27N3O4. The third kappa shape index (κ3) is 4.34. The molecule has 2 saturated heterocycles. The molecule has 2 aliphatic heterocycles. The van der Waals surface area contributed by atoms with Gasteiger partial charge in [-0.15, -0.1) is 0 Å². The molecule has 0 saturated carbocycles. The van der Waals surface area contributed by atoms with Crippen molar-refractivity contribution in [2.75, 3.05) is 46.6 Å². The van der Waals surface area contributed by atoms with Crippen molar-refractivity contribution in [1.29, 1.82) is 0 Å². The van der Waals surface area contributed by atoms with Gasteiger partial charge in [-0.2, -0.15) is 0 Å². The van der Waals surface area contributed by atoms with Crippen molar-refractivity contribution in [3.8, 4) is 0 Å². The first-order valence-corrected chi connectivity index (χ1v) is 8.63. The van der Waals surface area contributed by atoms with Gasteiger partial charge < -0.3 is 19.3 Å². The van der Waals surface area contributed by atoms with Gasteiger partial charge in [0.15, 0.2) is 0 Å². The number of methoxy groups -OCH3 is 1.